The molecule has 0 atom stereocenters. The molecule has 0 aliphatic rings. The van der Waals surface area contributed by atoms with E-state index in [0.29, 0.717) is 5.56 Å². The molecule has 2 aromatic rings. The van der Waals surface area contributed by atoms with Gasteiger partial charge in [-0.2, -0.15) is 5.26 Å². The highest BCUT2D eigenvalue weighted by molar-refractivity contribution is 5.40. The summed E-state index contributed by atoms with van der Waals surface area (Å²) in [6.45, 7) is 0. The Morgan fingerprint density at radius 2 is 1.62 bits per heavy atom. The van der Waals surface area contributed by atoms with Gasteiger partial charge >= 0.3 is 0 Å². The molecule has 24 heavy (non-hydrogen) atoms. The number of methoxy groups -OCH3 is 1. The van der Waals surface area contributed by atoms with Gasteiger partial charge in [0.1, 0.15) is 11.6 Å². The number of unbranched alkanes of at least 4 members (excludes halogenated alkanes) is 4. The van der Waals surface area contributed by atoms with Crippen molar-refractivity contribution in [2.75, 3.05) is 7.11 Å². The number of nitriles is 1. The van der Waals surface area contributed by atoms with Crippen LogP contribution in [0.25, 0.3) is 0 Å². The molecule has 0 saturated heterocycles. The predicted octanol–water partition coefficient (Wildman–Crippen LogP) is 5.44. The molecule has 0 aliphatic carbocycles. The zero-order valence-corrected chi connectivity index (χ0v) is 14.2. The van der Waals surface area contributed by atoms with Crippen LogP contribution in [0.2, 0.25) is 0 Å². The van der Waals surface area contributed by atoms with Gasteiger partial charge in [0.25, 0.3) is 0 Å². The van der Waals surface area contributed by atoms with E-state index in [1.54, 1.807) is 25.3 Å². The van der Waals surface area contributed by atoms with Crippen molar-refractivity contribution in [2.24, 2.45) is 0 Å². The van der Waals surface area contributed by atoms with Crippen molar-refractivity contribution in [1.82, 2.24) is 0 Å². The summed E-state index contributed by atoms with van der Waals surface area (Å²) in [7, 11) is 1.62. The van der Waals surface area contributed by atoms with E-state index < -0.39 is 0 Å². The number of rotatable bonds is 9. The van der Waals surface area contributed by atoms with E-state index in [-0.39, 0.29) is 5.82 Å². The molecule has 0 N–H and O–H groups in total. The first-order valence-corrected chi connectivity index (χ1v) is 8.54. The number of halogens is 1. The Morgan fingerprint density at radius 3 is 2.29 bits per heavy atom. The lowest BCUT2D eigenvalue weighted by Crippen LogP contribution is -1.91. The smallest absolute Gasteiger partial charge is 0.123 e. The molecule has 0 saturated carbocycles. The maximum atomic E-state index is 13.1. The molecule has 0 radical (unpaired) electrons. The van der Waals surface area contributed by atoms with Crippen LogP contribution in [0.3, 0.4) is 0 Å². The number of nitrogens with zero attached hydrogens (tertiary/aromatic N) is 1. The van der Waals surface area contributed by atoms with E-state index in [2.05, 4.69) is 6.07 Å². The van der Waals surface area contributed by atoms with Gasteiger partial charge in [0.2, 0.25) is 0 Å². The van der Waals surface area contributed by atoms with Crippen molar-refractivity contribution < 1.29 is 9.13 Å². The Kier molecular flexibility index (Phi) is 7.29. The van der Waals surface area contributed by atoms with Crippen molar-refractivity contribution in [3.05, 3.63) is 65.0 Å². The number of hydrogen-bond acceptors (Lipinski definition) is 2. The van der Waals surface area contributed by atoms with E-state index >= 15 is 0 Å². The fourth-order valence-electron chi connectivity index (χ4n) is 2.87. The summed E-state index contributed by atoms with van der Waals surface area (Å²) in [5.41, 5.74) is 2.89. The highest BCUT2D eigenvalue weighted by Crippen LogP contribution is 2.19. The summed E-state index contributed by atoms with van der Waals surface area (Å²) in [6, 6.07) is 14.7. The van der Waals surface area contributed by atoms with Gasteiger partial charge in [-0.15, -0.1) is 0 Å². The van der Waals surface area contributed by atoms with Crippen LogP contribution in [0, 0.1) is 17.1 Å². The normalized spacial score (nSPS) is 10.4. The van der Waals surface area contributed by atoms with Gasteiger partial charge in [-0.3, -0.25) is 0 Å². The Bertz CT molecular complexity index is 690. The molecule has 0 aromatic heterocycles. The molecule has 0 fully saturated rings. The number of benzene rings is 2. The van der Waals surface area contributed by atoms with E-state index in [1.807, 2.05) is 18.2 Å². The van der Waals surface area contributed by atoms with Crippen molar-refractivity contribution >= 4 is 0 Å². The zero-order valence-electron chi connectivity index (χ0n) is 14.2. The lowest BCUT2D eigenvalue weighted by atomic mass is 10.0. The maximum absolute atomic E-state index is 13.1. The van der Waals surface area contributed by atoms with Gasteiger partial charge in [0, 0.05) is 0 Å². The van der Waals surface area contributed by atoms with Crippen LogP contribution in [-0.2, 0) is 12.8 Å². The largest absolute Gasteiger partial charge is 0.497 e. The van der Waals surface area contributed by atoms with E-state index in [4.69, 9.17) is 10.00 Å². The molecule has 0 heterocycles. The highest BCUT2D eigenvalue weighted by atomic mass is 19.1. The molecule has 0 unspecified atom stereocenters. The molecular weight excluding hydrogens is 301 g/mol. The van der Waals surface area contributed by atoms with Crippen LogP contribution in [0.4, 0.5) is 4.39 Å². The summed E-state index contributed by atoms with van der Waals surface area (Å²) >= 11 is 0. The van der Waals surface area contributed by atoms with E-state index in [1.165, 1.54) is 18.9 Å². The Labute approximate surface area is 143 Å². The Morgan fingerprint density at radius 1 is 0.917 bits per heavy atom. The number of ether oxygens (including phenoxy) is 1. The predicted molar refractivity (Wildman–Crippen MR) is 94.6 cm³/mol. The van der Waals surface area contributed by atoms with Crippen LogP contribution < -0.4 is 4.74 Å². The fraction of sp³-hybridized carbons (Fsp3) is 0.381. The van der Waals surface area contributed by atoms with Gasteiger partial charge < -0.3 is 4.74 Å². The minimum Gasteiger partial charge on any atom is -0.497 e. The van der Waals surface area contributed by atoms with E-state index in [9.17, 15) is 4.39 Å². The van der Waals surface area contributed by atoms with Gasteiger partial charge in [-0.1, -0.05) is 31.4 Å². The average molecular weight is 325 g/mol. The minimum atomic E-state index is -0.150. The Balaban J connectivity index is 1.64. The molecule has 0 bridgehead atoms. The van der Waals surface area contributed by atoms with Crippen LogP contribution in [0.5, 0.6) is 5.75 Å². The van der Waals surface area contributed by atoms with Crippen molar-refractivity contribution in [2.45, 2.75) is 44.9 Å². The van der Waals surface area contributed by atoms with Gasteiger partial charge in [0.15, 0.2) is 0 Å². The third kappa shape index (κ3) is 6.04. The topological polar surface area (TPSA) is 33.0 Å². The lowest BCUT2D eigenvalue weighted by Gasteiger charge is -2.06. The monoisotopic (exact) mass is 325 g/mol. The molecule has 2 aromatic carbocycles. The second kappa shape index (κ2) is 9.72. The van der Waals surface area contributed by atoms with Crippen LogP contribution in [-0.4, -0.2) is 7.11 Å². The second-order valence-corrected chi connectivity index (χ2v) is 6.08. The van der Waals surface area contributed by atoms with Gasteiger partial charge in [0.05, 0.1) is 18.7 Å². The molecule has 2 nitrogen and oxygen atoms in total. The quantitative estimate of drug-likeness (QED) is 0.575. The minimum absolute atomic E-state index is 0.150. The Hall–Kier alpha value is -2.34. The number of aryl methyl sites for hydroxylation is 2. The van der Waals surface area contributed by atoms with Crippen molar-refractivity contribution in [1.29, 1.82) is 5.26 Å². The first kappa shape index (κ1) is 18.0. The van der Waals surface area contributed by atoms with Crippen molar-refractivity contribution in [3.63, 3.8) is 0 Å². The fourth-order valence-corrected chi connectivity index (χ4v) is 2.87. The maximum Gasteiger partial charge on any atom is 0.123 e. The van der Waals surface area contributed by atoms with Crippen LogP contribution in [0.15, 0.2) is 42.5 Å². The SMILES string of the molecule is COc1cc(C#N)cc(CCCCCCCc2cccc(F)c2)c1. The summed E-state index contributed by atoms with van der Waals surface area (Å²) in [6.07, 6.45) is 7.64. The second-order valence-electron chi connectivity index (χ2n) is 6.08. The number of hydrogen-bond donors (Lipinski definition) is 0. The average Bonchev–Trinajstić information content (AvgIpc) is 2.60. The molecule has 2 rings (SSSR count). The third-order valence-corrected chi connectivity index (χ3v) is 4.15. The molecule has 3 heteroatoms. The third-order valence-electron chi connectivity index (χ3n) is 4.15. The molecule has 126 valence electrons. The first-order valence-electron chi connectivity index (χ1n) is 8.54. The van der Waals surface area contributed by atoms with Gasteiger partial charge in [-0.05, 0) is 67.1 Å². The summed E-state index contributed by atoms with van der Waals surface area (Å²) < 4.78 is 18.3. The molecule has 0 aliphatic heterocycles. The summed E-state index contributed by atoms with van der Waals surface area (Å²) in [5, 5.41) is 9.03. The summed E-state index contributed by atoms with van der Waals surface area (Å²) in [5.74, 6) is 0.599. The molecule has 0 amide bonds. The van der Waals surface area contributed by atoms with Crippen molar-refractivity contribution in [3.8, 4) is 11.8 Å². The highest BCUT2D eigenvalue weighted by Gasteiger charge is 2.02. The molecule has 0 spiro atoms. The lowest BCUT2D eigenvalue weighted by molar-refractivity contribution is 0.414. The van der Waals surface area contributed by atoms with E-state index in [0.717, 1.165) is 49.0 Å². The standard InChI is InChI=1S/C21H24FNO/c1-24-21-14-18(12-19(15-21)16-23)9-6-4-2-3-5-8-17-10-7-11-20(22)13-17/h7,10-15H,2-6,8-9H2,1H3. The van der Waals surface area contributed by atoms with Crippen LogP contribution >= 0.6 is 0 Å². The summed E-state index contributed by atoms with van der Waals surface area (Å²) in [4.78, 5) is 0. The van der Waals surface area contributed by atoms with Gasteiger partial charge in [-0.25, -0.2) is 4.39 Å². The first-order chi connectivity index (χ1) is 11.7. The zero-order chi connectivity index (χ0) is 17.2. The molecular formula is C21H24FNO. The van der Waals surface area contributed by atoms with Crippen LogP contribution in [0.1, 0.15) is 48.8 Å².